The van der Waals surface area contributed by atoms with Crippen LogP contribution in [0.25, 0.3) is 0 Å². The monoisotopic (exact) mass is 394 g/mol. The molecule has 4 radical (unpaired) electrons. The molecule has 0 aromatic heterocycles. The van der Waals surface area contributed by atoms with Crippen LogP contribution in [0.2, 0.25) is 5.21 Å². The van der Waals surface area contributed by atoms with Crippen molar-refractivity contribution in [3.63, 3.8) is 0 Å². The van der Waals surface area contributed by atoms with Gasteiger partial charge in [0.15, 0.2) is 0 Å². The van der Waals surface area contributed by atoms with Crippen molar-refractivity contribution in [2.24, 2.45) is 0 Å². The normalized spacial score (nSPS) is 12.6. The molecule has 1 atom stereocenters. The van der Waals surface area contributed by atoms with E-state index in [1.165, 1.54) is 11.1 Å². The third kappa shape index (κ3) is 8.52. The Kier molecular flexibility index (Phi) is 9.43. The Morgan fingerprint density at radius 1 is 0.926 bits per heavy atom. The maximum Gasteiger partial charge on any atom is 0.292 e. The summed E-state index contributed by atoms with van der Waals surface area (Å²) in [4.78, 5) is 11.2. The van der Waals surface area contributed by atoms with Crippen LogP contribution in [0.15, 0.2) is 60.7 Å². The fourth-order valence-corrected chi connectivity index (χ4v) is 4.95. The van der Waals surface area contributed by atoms with E-state index in [0.717, 1.165) is 23.7 Å². The zero-order valence-corrected chi connectivity index (χ0v) is 17.1. The molecule has 0 amide bonds. The molecule has 0 aliphatic carbocycles. The number of rotatable bonds is 12. The lowest BCUT2D eigenvalue weighted by molar-refractivity contribution is -0.138. The van der Waals surface area contributed by atoms with Gasteiger partial charge in [-0.05, 0) is 34.9 Å². The minimum atomic E-state index is -1.65. The molecule has 0 saturated heterocycles. The molecule has 2 aromatic carbocycles. The van der Waals surface area contributed by atoms with Crippen LogP contribution in [0.3, 0.4) is 0 Å². The van der Waals surface area contributed by atoms with E-state index in [0.29, 0.717) is 11.7 Å². The van der Waals surface area contributed by atoms with Crippen LogP contribution < -0.4 is 0 Å². The molecule has 138 valence electrons. The summed E-state index contributed by atoms with van der Waals surface area (Å²) in [6.07, 6.45) is 1.98. The molecule has 0 aliphatic heterocycles. The molecular weight excluding hydrogens is 370 g/mol. The standard InChI is InChI=1S/C21H24B2O2S2/c22-21(23,20(24)25)13-11-19(27-16-18-9-5-2-6-10-18)12-14-26-15-17-7-3-1-4-8-17/h1-10,19H,11-16H2,(H,24,25). The molecule has 6 heteroatoms. The molecule has 0 bridgehead atoms. The lowest BCUT2D eigenvalue weighted by atomic mass is 9.52. The minimum absolute atomic E-state index is 0.276. The molecule has 2 rings (SSSR count). The van der Waals surface area contributed by atoms with E-state index in [1.807, 2.05) is 47.8 Å². The van der Waals surface area contributed by atoms with Crippen LogP contribution in [0.1, 0.15) is 30.4 Å². The summed E-state index contributed by atoms with van der Waals surface area (Å²) in [5.41, 5.74) is 2.60. The summed E-state index contributed by atoms with van der Waals surface area (Å²) in [7, 11) is 11.4. The number of thioether (sulfide) groups is 2. The van der Waals surface area contributed by atoms with E-state index in [1.54, 1.807) is 0 Å². The number of hydrogen-bond donors (Lipinski definition) is 1. The molecule has 27 heavy (non-hydrogen) atoms. The van der Waals surface area contributed by atoms with Gasteiger partial charge in [0.1, 0.15) is 0 Å². The Morgan fingerprint density at radius 2 is 1.48 bits per heavy atom. The van der Waals surface area contributed by atoms with E-state index in [9.17, 15) is 4.79 Å². The fourth-order valence-electron chi connectivity index (χ4n) is 2.59. The van der Waals surface area contributed by atoms with Crippen molar-refractivity contribution in [1.29, 1.82) is 0 Å². The van der Waals surface area contributed by atoms with Gasteiger partial charge in [-0.3, -0.25) is 4.79 Å². The van der Waals surface area contributed by atoms with Gasteiger partial charge in [-0.2, -0.15) is 23.5 Å². The summed E-state index contributed by atoms with van der Waals surface area (Å²) in [6, 6.07) is 20.7. The van der Waals surface area contributed by atoms with Gasteiger partial charge in [-0.25, -0.2) is 0 Å². The van der Waals surface area contributed by atoms with Crippen LogP contribution in [-0.4, -0.2) is 37.8 Å². The van der Waals surface area contributed by atoms with Crippen molar-refractivity contribution in [3.05, 3.63) is 71.8 Å². The predicted octanol–water partition coefficient (Wildman–Crippen LogP) is 4.93. The van der Waals surface area contributed by atoms with E-state index in [2.05, 4.69) is 36.4 Å². The van der Waals surface area contributed by atoms with Gasteiger partial charge >= 0.3 is 0 Å². The molecule has 0 heterocycles. The number of aliphatic carboxylic acids is 1. The van der Waals surface area contributed by atoms with Gasteiger partial charge in [-0.1, -0.05) is 67.1 Å². The highest BCUT2D eigenvalue weighted by atomic mass is 32.2. The van der Waals surface area contributed by atoms with Crippen LogP contribution in [0.4, 0.5) is 0 Å². The van der Waals surface area contributed by atoms with Crippen molar-refractivity contribution >= 4 is 45.2 Å². The van der Waals surface area contributed by atoms with Crippen molar-refractivity contribution in [1.82, 2.24) is 0 Å². The molecule has 2 nitrogen and oxygen atoms in total. The van der Waals surface area contributed by atoms with Gasteiger partial charge in [0, 0.05) is 16.8 Å². The lowest BCUT2D eigenvalue weighted by Crippen LogP contribution is -2.25. The van der Waals surface area contributed by atoms with E-state index < -0.39 is 11.2 Å². The van der Waals surface area contributed by atoms with E-state index in [-0.39, 0.29) is 6.42 Å². The Morgan fingerprint density at radius 3 is 2.04 bits per heavy atom. The van der Waals surface area contributed by atoms with E-state index >= 15 is 0 Å². The third-order valence-corrected chi connectivity index (χ3v) is 6.81. The molecule has 0 fully saturated rings. The molecule has 0 aliphatic rings. The average molecular weight is 394 g/mol. The second-order valence-electron chi connectivity index (χ2n) is 6.63. The summed E-state index contributed by atoms with van der Waals surface area (Å²) >= 11 is 3.76. The van der Waals surface area contributed by atoms with Crippen molar-refractivity contribution in [2.75, 3.05) is 5.75 Å². The first kappa shape index (κ1) is 22.0. The van der Waals surface area contributed by atoms with Crippen LogP contribution >= 0.6 is 23.5 Å². The van der Waals surface area contributed by atoms with E-state index in [4.69, 9.17) is 20.8 Å². The molecular formula is C21H24B2O2S2. The summed E-state index contributed by atoms with van der Waals surface area (Å²) in [5.74, 6) is 1.78. The number of benzene rings is 2. The van der Waals surface area contributed by atoms with Crippen LogP contribution in [0, 0.1) is 0 Å². The Bertz CT molecular complexity index is 681. The maximum atomic E-state index is 11.2. The molecule has 1 N–H and O–H groups in total. The topological polar surface area (TPSA) is 37.3 Å². The SMILES string of the molecule is [B]C([B])(CCC(CCSCc1ccccc1)SCc1ccccc1)C(=O)O. The second kappa shape index (κ2) is 11.6. The van der Waals surface area contributed by atoms with Gasteiger partial charge in [0.05, 0.1) is 15.7 Å². The first-order chi connectivity index (χ1) is 13.0. The number of carbonyl (C=O) groups is 1. The number of hydrogen-bond acceptors (Lipinski definition) is 3. The highest BCUT2D eigenvalue weighted by Crippen LogP contribution is 2.32. The fraction of sp³-hybridized carbons (Fsp3) is 0.381. The smallest absolute Gasteiger partial charge is 0.292 e. The first-order valence-electron chi connectivity index (χ1n) is 9.06. The van der Waals surface area contributed by atoms with Gasteiger partial charge in [-0.15, -0.1) is 0 Å². The first-order valence-corrected chi connectivity index (χ1v) is 11.3. The van der Waals surface area contributed by atoms with Crippen LogP contribution in [0.5, 0.6) is 0 Å². The Hall–Kier alpha value is -1.26. The van der Waals surface area contributed by atoms with Crippen molar-refractivity contribution < 1.29 is 9.90 Å². The summed E-state index contributed by atoms with van der Waals surface area (Å²) in [6.45, 7) is 0. The quantitative estimate of drug-likeness (QED) is 0.409. The van der Waals surface area contributed by atoms with Gasteiger partial charge < -0.3 is 5.11 Å². The maximum absolute atomic E-state index is 11.2. The number of carboxylic acid groups (broad SMARTS) is 1. The zero-order valence-electron chi connectivity index (χ0n) is 15.4. The molecule has 1 unspecified atom stereocenters. The van der Waals surface area contributed by atoms with Crippen molar-refractivity contribution in [3.8, 4) is 0 Å². The molecule has 0 spiro atoms. The predicted molar refractivity (Wildman–Crippen MR) is 120 cm³/mol. The highest BCUT2D eigenvalue weighted by Gasteiger charge is 2.26. The molecule has 0 saturated carbocycles. The summed E-state index contributed by atoms with van der Waals surface area (Å²) in [5, 5.41) is 7.82. The zero-order chi connectivity index (χ0) is 19.5. The van der Waals surface area contributed by atoms with Crippen LogP contribution in [-0.2, 0) is 16.3 Å². The lowest BCUT2D eigenvalue weighted by Gasteiger charge is -2.24. The van der Waals surface area contributed by atoms with Gasteiger partial charge in [0.25, 0.3) is 5.97 Å². The second-order valence-corrected chi connectivity index (χ2v) is 9.02. The Balaban J connectivity index is 1.82. The highest BCUT2D eigenvalue weighted by molar-refractivity contribution is 7.99. The largest absolute Gasteiger partial charge is 0.482 e. The Labute approximate surface area is 173 Å². The molecule has 2 aromatic rings. The van der Waals surface area contributed by atoms with Gasteiger partial charge in [0.2, 0.25) is 0 Å². The minimum Gasteiger partial charge on any atom is -0.482 e. The van der Waals surface area contributed by atoms with Crippen molar-refractivity contribution in [2.45, 2.75) is 41.2 Å². The summed E-state index contributed by atoms with van der Waals surface area (Å²) < 4.78 is 0. The number of carboxylic acids is 1. The third-order valence-electron chi connectivity index (χ3n) is 4.30. The average Bonchev–Trinajstić information content (AvgIpc) is 2.68.